The van der Waals surface area contributed by atoms with Crippen LogP contribution >= 0.6 is 0 Å². The van der Waals surface area contributed by atoms with Crippen LogP contribution < -0.4 is 20.5 Å². The van der Waals surface area contributed by atoms with E-state index < -0.39 is 0 Å². The zero-order valence-corrected chi connectivity index (χ0v) is 11.3. The molecule has 0 unspecified atom stereocenters. The lowest BCUT2D eigenvalue weighted by Gasteiger charge is -2.15. The van der Waals surface area contributed by atoms with Gasteiger partial charge in [0.05, 0.1) is 7.11 Å². The Morgan fingerprint density at radius 3 is 2.89 bits per heavy atom. The minimum absolute atomic E-state index is 0.0687. The Bertz CT molecular complexity index is 444. The molecule has 1 amide bonds. The van der Waals surface area contributed by atoms with Crippen molar-refractivity contribution in [3.63, 3.8) is 0 Å². The third kappa shape index (κ3) is 4.63. The number of carbonyl (C=O) groups excluding carboxylic acids is 1. The van der Waals surface area contributed by atoms with E-state index >= 15 is 0 Å². The summed E-state index contributed by atoms with van der Waals surface area (Å²) < 4.78 is 10.6. The van der Waals surface area contributed by atoms with Crippen LogP contribution in [0.2, 0.25) is 0 Å². The van der Waals surface area contributed by atoms with Gasteiger partial charge in [-0.2, -0.15) is 0 Å². The molecule has 0 saturated heterocycles. The van der Waals surface area contributed by atoms with Crippen molar-refractivity contribution in [2.75, 3.05) is 20.3 Å². The number of hydrogen-bond acceptors (Lipinski definition) is 4. The topological polar surface area (TPSA) is 73.6 Å². The Morgan fingerprint density at radius 2 is 2.32 bits per heavy atom. The van der Waals surface area contributed by atoms with Crippen LogP contribution in [0.5, 0.6) is 11.5 Å². The maximum atomic E-state index is 11.5. The molecule has 19 heavy (non-hydrogen) atoms. The highest BCUT2D eigenvalue weighted by molar-refractivity contribution is 5.77. The molecule has 1 aromatic carbocycles. The van der Waals surface area contributed by atoms with E-state index in [0.29, 0.717) is 18.0 Å². The van der Waals surface area contributed by atoms with Crippen LogP contribution in [0, 0.1) is 0 Å². The van der Waals surface area contributed by atoms with E-state index in [1.54, 1.807) is 19.3 Å². The summed E-state index contributed by atoms with van der Waals surface area (Å²) in [5.41, 5.74) is 6.69. The number of carbonyl (C=O) groups is 1. The Labute approximate surface area is 113 Å². The predicted molar refractivity (Wildman–Crippen MR) is 74.3 cm³/mol. The van der Waals surface area contributed by atoms with Gasteiger partial charge in [-0.15, -0.1) is 6.58 Å². The predicted octanol–water partition coefficient (Wildman–Crippen LogP) is 1.40. The zero-order chi connectivity index (χ0) is 14.3. The number of methoxy groups -OCH3 is 1. The van der Waals surface area contributed by atoms with E-state index in [0.717, 1.165) is 5.56 Å². The highest BCUT2D eigenvalue weighted by Gasteiger charge is 2.11. The summed E-state index contributed by atoms with van der Waals surface area (Å²) in [5, 5.41) is 2.64. The molecule has 3 N–H and O–H groups in total. The number of ether oxygens (including phenoxy) is 2. The Hall–Kier alpha value is -2.01. The van der Waals surface area contributed by atoms with Gasteiger partial charge >= 0.3 is 0 Å². The molecule has 1 aromatic rings. The molecule has 5 nitrogen and oxygen atoms in total. The van der Waals surface area contributed by atoms with E-state index in [4.69, 9.17) is 15.2 Å². The molecule has 0 heterocycles. The van der Waals surface area contributed by atoms with Crippen LogP contribution in [-0.2, 0) is 4.79 Å². The lowest BCUT2D eigenvalue weighted by atomic mass is 10.1. The number of benzene rings is 1. The molecule has 0 fully saturated rings. The lowest BCUT2D eigenvalue weighted by molar-refractivity contribution is -0.122. The van der Waals surface area contributed by atoms with Crippen molar-refractivity contribution in [2.24, 2.45) is 5.73 Å². The van der Waals surface area contributed by atoms with Gasteiger partial charge < -0.3 is 20.5 Å². The second-order valence-corrected chi connectivity index (χ2v) is 4.07. The monoisotopic (exact) mass is 264 g/mol. The maximum absolute atomic E-state index is 11.5. The molecular weight excluding hydrogens is 244 g/mol. The van der Waals surface area contributed by atoms with Gasteiger partial charge in [0.2, 0.25) is 0 Å². The molecule has 1 atom stereocenters. The zero-order valence-electron chi connectivity index (χ0n) is 11.3. The molecule has 104 valence electrons. The van der Waals surface area contributed by atoms with Gasteiger partial charge in [0.1, 0.15) is 11.5 Å². The highest BCUT2D eigenvalue weighted by atomic mass is 16.5. The molecule has 0 radical (unpaired) electrons. The molecule has 0 aromatic heterocycles. The molecule has 0 spiro atoms. The minimum Gasteiger partial charge on any atom is -0.497 e. The Kier molecular flexibility index (Phi) is 5.89. The molecule has 0 aliphatic carbocycles. The number of amides is 1. The van der Waals surface area contributed by atoms with Crippen molar-refractivity contribution in [1.82, 2.24) is 5.32 Å². The Balaban J connectivity index is 2.74. The van der Waals surface area contributed by atoms with Gasteiger partial charge in [-0.25, -0.2) is 0 Å². The first kappa shape index (κ1) is 15.0. The van der Waals surface area contributed by atoms with Crippen LogP contribution in [0.1, 0.15) is 18.5 Å². The first-order chi connectivity index (χ1) is 9.08. The fourth-order valence-corrected chi connectivity index (χ4v) is 1.52. The van der Waals surface area contributed by atoms with Gasteiger partial charge in [-0.3, -0.25) is 4.79 Å². The average molecular weight is 264 g/mol. The van der Waals surface area contributed by atoms with Crippen molar-refractivity contribution >= 4 is 5.91 Å². The highest BCUT2D eigenvalue weighted by Crippen LogP contribution is 2.28. The summed E-state index contributed by atoms with van der Waals surface area (Å²) in [7, 11) is 1.57. The number of rotatable bonds is 7. The summed E-state index contributed by atoms with van der Waals surface area (Å²) in [4.78, 5) is 11.5. The van der Waals surface area contributed by atoms with E-state index in [-0.39, 0.29) is 18.6 Å². The van der Waals surface area contributed by atoms with Gasteiger partial charge in [-0.05, 0) is 13.0 Å². The molecule has 0 aliphatic heterocycles. The molecule has 0 aliphatic rings. The van der Waals surface area contributed by atoms with E-state index in [2.05, 4.69) is 11.9 Å². The summed E-state index contributed by atoms with van der Waals surface area (Å²) in [6.07, 6.45) is 1.61. The Morgan fingerprint density at radius 1 is 1.58 bits per heavy atom. The first-order valence-electron chi connectivity index (χ1n) is 6.02. The molecule has 0 saturated carbocycles. The fraction of sp³-hybridized carbons (Fsp3) is 0.357. The first-order valence-corrected chi connectivity index (χ1v) is 6.02. The molecular formula is C14H20N2O3. The van der Waals surface area contributed by atoms with Crippen molar-refractivity contribution < 1.29 is 14.3 Å². The van der Waals surface area contributed by atoms with E-state index in [9.17, 15) is 4.79 Å². The summed E-state index contributed by atoms with van der Waals surface area (Å²) in [5.74, 6) is 1.01. The van der Waals surface area contributed by atoms with Gasteiger partial charge in [0.15, 0.2) is 6.61 Å². The third-order valence-electron chi connectivity index (χ3n) is 2.51. The van der Waals surface area contributed by atoms with Crippen molar-refractivity contribution in [1.29, 1.82) is 0 Å². The molecule has 1 rings (SSSR count). The van der Waals surface area contributed by atoms with Crippen LogP contribution in [0.15, 0.2) is 30.9 Å². The second kappa shape index (κ2) is 7.43. The summed E-state index contributed by atoms with van der Waals surface area (Å²) in [6.45, 7) is 5.72. The maximum Gasteiger partial charge on any atom is 0.258 e. The van der Waals surface area contributed by atoms with Crippen molar-refractivity contribution in [3.05, 3.63) is 36.4 Å². The summed E-state index contributed by atoms with van der Waals surface area (Å²) >= 11 is 0. The largest absolute Gasteiger partial charge is 0.497 e. The smallest absolute Gasteiger partial charge is 0.258 e. The number of nitrogens with one attached hydrogen (secondary N) is 1. The van der Waals surface area contributed by atoms with Crippen molar-refractivity contribution in [2.45, 2.75) is 13.0 Å². The molecule has 5 heteroatoms. The van der Waals surface area contributed by atoms with E-state index in [1.165, 1.54) is 0 Å². The van der Waals surface area contributed by atoms with Gasteiger partial charge in [-0.1, -0.05) is 12.1 Å². The summed E-state index contributed by atoms with van der Waals surface area (Å²) in [6, 6.07) is 5.18. The van der Waals surface area contributed by atoms with Crippen LogP contribution in [0.3, 0.4) is 0 Å². The normalized spacial score (nSPS) is 11.5. The van der Waals surface area contributed by atoms with Crippen molar-refractivity contribution in [3.8, 4) is 11.5 Å². The van der Waals surface area contributed by atoms with Crippen LogP contribution in [0.4, 0.5) is 0 Å². The third-order valence-corrected chi connectivity index (χ3v) is 2.51. The van der Waals surface area contributed by atoms with Crippen LogP contribution in [0.25, 0.3) is 0 Å². The second-order valence-electron chi connectivity index (χ2n) is 4.07. The average Bonchev–Trinajstić information content (AvgIpc) is 2.42. The number of nitrogens with two attached hydrogens (primary N) is 1. The van der Waals surface area contributed by atoms with Gasteiger partial charge in [0.25, 0.3) is 5.91 Å². The SMILES string of the molecule is C=CCNC(=O)COc1cc(OC)ccc1[C@@H](C)N. The standard InChI is InChI=1S/C14H20N2O3/c1-4-7-16-14(17)9-19-13-8-11(18-3)5-6-12(13)10(2)15/h4-6,8,10H,1,7,9,15H2,2-3H3,(H,16,17)/t10-/m1/s1. The quantitative estimate of drug-likeness (QED) is 0.730. The van der Waals surface area contributed by atoms with E-state index in [1.807, 2.05) is 19.1 Å². The fourth-order valence-electron chi connectivity index (χ4n) is 1.52. The minimum atomic E-state index is -0.210. The molecule has 0 bridgehead atoms. The lowest BCUT2D eigenvalue weighted by Crippen LogP contribution is -2.29. The number of hydrogen-bond donors (Lipinski definition) is 2. The van der Waals surface area contributed by atoms with Gasteiger partial charge in [0, 0.05) is 24.2 Å². The van der Waals surface area contributed by atoms with Crippen LogP contribution in [-0.4, -0.2) is 26.2 Å².